The van der Waals surface area contributed by atoms with Crippen LogP contribution in [0.3, 0.4) is 0 Å². The van der Waals surface area contributed by atoms with Gasteiger partial charge in [0.15, 0.2) is 5.82 Å². The molecule has 0 saturated carbocycles. The molecule has 3 amide bonds. The van der Waals surface area contributed by atoms with Crippen molar-refractivity contribution in [1.29, 1.82) is 0 Å². The number of likely N-dealkylation sites (tertiary alicyclic amines) is 2. The summed E-state index contributed by atoms with van der Waals surface area (Å²) in [5, 5.41) is 6.30. The smallest absolute Gasteiger partial charge is 0.418 e. The van der Waals surface area contributed by atoms with Gasteiger partial charge in [0.1, 0.15) is 23.6 Å². The molecular weight excluding hydrogens is 550 g/mol. The quantitative estimate of drug-likeness (QED) is 0.460. The average Bonchev–Trinajstić information content (AvgIpc) is 3.58. The molecule has 2 aliphatic heterocycles. The number of anilines is 1. The first-order valence-electron chi connectivity index (χ1n) is 11.9. The minimum atomic E-state index is -4.80. The lowest BCUT2D eigenvalue weighted by Crippen LogP contribution is -2.44. The lowest BCUT2D eigenvalue weighted by molar-refractivity contribution is -0.136. The molecule has 40 heavy (non-hydrogen) atoms. The Labute approximate surface area is 221 Å². The highest BCUT2D eigenvalue weighted by Crippen LogP contribution is 2.39. The molecule has 3 aromatic heterocycles. The second-order valence-corrected chi connectivity index (χ2v) is 9.44. The van der Waals surface area contributed by atoms with E-state index in [1.807, 2.05) is 0 Å². The van der Waals surface area contributed by atoms with Crippen molar-refractivity contribution in [2.24, 2.45) is 0 Å². The SMILES string of the molecule is COc1ncc(-c2cc(C(F)(F)F)c3c(N)ncnn23)cc1C(=O)NC1CN(C(=O)N2CCC(F)(F)C2)CC1F. The number of amides is 3. The highest BCUT2D eigenvalue weighted by atomic mass is 19.4. The Hall–Kier alpha value is -4.31. The Morgan fingerprint density at radius 3 is 2.58 bits per heavy atom. The van der Waals surface area contributed by atoms with E-state index in [0.29, 0.717) is 0 Å². The first-order chi connectivity index (χ1) is 18.8. The van der Waals surface area contributed by atoms with Crippen LogP contribution in [0, 0.1) is 0 Å². The fourth-order valence-electron chi connectivity index (χ4n) is 4.81. The molecule has 0 aromatic carbocycles. The fraction of sp³-hybridized carbons (Fsp3) is 0.435. The van der Waals surface area contributed by atoms with Crippen molar-refractivity contribution in [2.75, 3.05) is 39.0 Å². The van der Waals surface area contributed by atoms with E-state index in [1.54, 1.807) is 0 Å². The minimum Gasteiger partial charge on any atom is -0.480 e. The number of alkyl halides is 6. The number of ether oxygens (including phenoxy) is 1. The van der Waals surface area contributed by atoms with Crippen LogP contribution >= 0.6 is 0 Å². The molecule has 17 heteroatoms. The van der Waals surface area contributed by atoms with Crippen molar-refractivity contribution in [3.8, 4) is 17.1 Å². The first-order valence-corrected chi connectivity index (χ1v) is 11.9. The summed E-state index contributed by atoms with van der Waals surface area (Å²) in [5.74, 6) is -4.52. The van der Waals surface area contributed by atoms with Gasteiger partial charge in [0.25, 0.3) is 11.8 Å². The number of urea groups is 1. The molecule has 0 radical (unpaired) electrons. The minimum absolute atomic E-state index is 0.0320. The molecule has 3 N–H and O–H groups in total. The maximum absolute atomic E-state index is 14.8. The van der Waals surface area contributed by atoms with Gasteiger partial charge in [-0.1, -0.05) is 0 Å². The molecule has 2 atom stereocenters. The molecule has 0 aliphatic carbocycles. The maximum Gasteiger partial charge on any atom is 0.418 e. The van der Waals surface area contributed by atoms with Crippen LogP contribution in [-0.4, -0.2) is 92.7 Å². The van der Waals surface area contributed by atoms with E-state index in [2.05, 4.69) is 20.4 Å². The number of nitrogens with zero attached hydrogens (tertiary/aromatic N) is 6. The van der Waals surface area contributed by atoms with E-state index in [9.17, 15) is 35.9 Å². The number of rotatable bonds is 4. The number of aromatic nitrogens is 4. The summed E-state index contributed by atoms with van der Waals surface area (Å²) in [7, 11) is 1.21. The van der Waals surface area contributed by atoms with Crippen LogP contribution in [0.1, 0.15) is 22.3 Å². The van der Waals surface area contributed by atoms with Crippen molar-refractivity contribution in [3.63, 3.8) is 0 Å². The highest BCUT2D eigenvalue weighted by Gasteiger charge is 2.44. The van der Waals surface area contributed by atoms with E-state index in [1.165, 1.54) is 13.2 Å². The summed E-state index contributed by atoms with van der Waals surface area (Å²) in [4.78, 5) is 35.4. The number of pyridine rings is 1. The molecule has 2 saturated heterocycles. The number of nitrogens with two attached hydrogens (primary N) is 1. The summed E-state index contributed by atoms with van der Waals surface area (Å²) in [6.45, 7) is -1.64. The topological polar surface area (TPSA) is 131 Å². The molecular formula is C23H22F6N8O3. The molecule has 2 aliphatic rings. The van der Waals surface area contributed by atoms with Gasteiger partial charge in [0, 0.05) is 31.3 Å². The zero-order valence-electron chi connectivity index (χ0n) is 20.8. The van der Waals surface area contributed by atoms with Gasteiger partial charge in [-0.2, -0.15) is 18.3 Å². The van der Waals surface area contributed by atoms with Crippen molar-refractivity contribution in [2.45, 2.75) is 30.7 Å². The van der Waals surface area contributed by atoms with Gasteiger partial charge >= 0.3 is 12.2 Å². The molecule has 2 unspecified atom stereocenters. The third-order valence-corrected chi connectivity index (χ3v) is 6.75. The zero-order chi connectivity index (χ0) is 29.0. The van der Waals surface area contributed by atoms with E-state index < -0.39 is 72.7 Å². The molecule has 0 spiro atoms. The monoisotopic (exact) mass is 572 g/mol. The second-order valence-electron chi connectivity index (χ2n) is 9.44. The summed E-state index contributed by atoms with van der Waals surface area (Å²) in [5.41, 5.74) is 3.78. The fourth-order valence-corrected chi connectivity index (χ4v) is 4.81. The Morgan fingerprint density at radius 2 is 1.93 bits per heavy atom. The van der Waals surface area contributed by atoms with Gasteiger partial charge < -0.3 is 25.6 Å². The molecule has 5 heterocycles. The predicted molar refractivity (Wildman–Crippen MR) is 126 cm³/mol. The normalized spacial score (nSPS) is 20.8. The third kappa shape index (κ3) is 4.90. The van der Waals surface area contributed by atoms with Crippen molar-refractivity contribution in [3.05, 3.63) is 35.8 Å². The van der Waals surface area contributed by atoms with Crippen LogP contribution in [0.15, 0.2) is 24.7 Å². The Bertz CT molecular complexity index is 1480. The molecule has 11 nitrogen and oxygen atoms in total. The lowest BCUT2D eigenvalue weighted by atomic mass is 10.1. The summed E-state index contributed by atoms with van der Waals surface area (Å²) in [6.07, 6.45) is -4.87. The number of halogens is 6. The Balaban J connectivity index is 1.40. The number of hydrogen-bond acceptors (Lipinski definition) is 7. The standard InChI is InChI=1S/C23H22F6N8O3/c1-40-20-12(19(38)34-15-8-36(7-14(15)24)21(39)35-3-2-22(25,26)9-35)4-11(6-31-20)16-5-13(23(27,28)29)17-18(30)32-10-33-37(16)17/h4-6,10,14-15H,2-3,7-9H2,1H3,(H,34,38)(H2,30,32,33). The zero-order valence-corrected chi connectivity index (χ0v) is 20.8. The van der Waals surface area contributed by atoms with Gasteiger partial charge in [-0.05, 0) is 12.1 Å². The number of carbonyl (C=O) groups excluding carboxylic acids is 2. The first kappa shape index (κ1) is 27.3. The lowest BCUT2D eigenvalue weighted by Gasteiger charge is -2.24. The number of nitrogens with one attached hydrogen (secondary N) is 1. The molecule has 2 fully saturated rings. The van der Waals surface area contributed by atoms with E-state index in [-0.39, 0.29) is 35.8 Å². The van der Waals surface area contributed by atoms with Gasteiger partial charge in [0.05, 0.1) is 37.5 Å². The third-order valence-electron chi connectivity index (χ3n) is 6.75. The van der Waals surface area contributed by atoms with Crippen LogP contribution in [-0.2, 0) is 6.18 Å². The van der Waals surface area contributed by atoms with Gasteiger partial charge in [0.2, 0.25) is 5.88 Å². The summed E-state index contributed by atoms with van der Waals surface area (Å²) < 4.78 is 89.0. The molecule has 3 aromatic rings. The predicted octanol–water partition coefficient (Wildman–Crippen LogP) is 2.61. The summed E-state index contributed by atoms with van der Waals surface area (Å²) >= 11 is 0. The molecule has 214 valence electrons. The van der Waals surface area contributed by atoms with Crippen LogP contribution in [0.5, 0.6) is 5.88 Å². The second kappa shape index (κ2) is 9.71. The van der Waals surface area contributed by atoms with Crippen LogP contribution in [0.2, 0.25) is 0 Å². The van der Waals surface area contributed by atoms with Gasteiger partial charge in [-0.25, -0.2) is 32.4 Å². The van der Waals surface area contributed by atoms with Crippen LogP contribution < -0.4 is 15.8 Å². The molecule has 0 bridgehead atoms. The average molecular weight is 572 g/mol. The van der Waals surface area contributed by atoms with Crippen molar-refractivity contribution in [1.82, 2.24) is 34.7 Å². The Morgan fingerprint density at radius 1 is 1.18 bits per heavy atom. The maximum atomic E-state index is 14.8. The number of carbonyl (C=O) groups is 2. The Kier molecular flexibility index (Phi) is 6.62. The number of fused-ring (bicyclic) bond motifs is 1. The van der Waals surface area contributed by atoms with E-state index >= 15 is 0 Å². The number of methoxy groups -OCH3 is 1. The van der Waals surface area contributed by atoms with Gasteiger partial charge in [-0.15, -0.1) is 0 Å². The molecule has 5 rings (SSSR count). The number of nitrogen functional groups attached to an aromatic ring is 1. The summed E-state index contributed by atoms with van der Waals surface area (Å²) in [6, 6.07) is 0.0238. The van der Waals surface area contributed by atoms with Crippen molar-refractivity contribution < 1.29 is 40.7 Å². The van der Waals surface area contributed by atoms with Crippen molar-refractivity contribution >= 4 is 23.3 Å². The highest BCUT2D eigenvalue weighted by molar-refractivity contribution is 5.98. The van der Waals surface area contributed by atoms with E-state index in [4.69, 9.17) is 10.5 Å². The van der Waals surface area contributed by atoms with E-state index in [0.717, 1.165) is 32.9 Å². The van der Waals surface area contributed by atoms with Crippen LogP contribution in [0.4, 0.5) is 37.0 Å². The number of hydrogen-bond donors (Lipinski definition) is 2. The van der Waals surface area contributed by atoms with Gasteiger partial charge in [-0.3, -0.25) is 4.79 Å². The van der Waals surface area contributed by atoms with Crippen LogP contribution in [0.25, 0.3) is 16.8 Å². The largest absolute Gasteiger partial charge is 0.480 e.